The fraction of sp³-hybridized carbons (Fsp3) is 0.818. The van der Waals surface area contributed by atoms with Crippen molar-refractivity contribution in [2.75, 3.05) is 6.61 Å². The van der Waals surface area contributed by atoms with Crippen LogP contribution in [0.3, 0.4) is 0 Å². The SMILES string of the molecule is CC(C)(C1=COCCC1)C1(N)CC1. The van der Waals surface area contributed by atoms with Gasteiger partial charge in [0.1, 0.15) is 0 Å². The van der Waals surface area contributed by atoms with Gasteiger partial charge in [0.05, 0.1) is 12.9 Å². The Bertz CT molecular complexity index is 238. The quantitative estimate of drug-likeness (QED) is 0.708. The first-order valence-electron chi connectivity index (χ1n) is 5.16. The number of rotatable bonds is 2. The van der Waals surface area contributed by atoms with E-state index in [1.807, 2.05) is 6.26 Å². The molecule has 0 atom stereocenters. The van der Waals surface area contributed by atoms with E-state index < -0.39 is 0 Å². The molecular formula is C11H19NO. The van der Waals surface area contributed by atoms with Gasteiger partial charge in [0.2, 0.25) is 0 Å². The summed E-state index contributed by atoms with van der Waals surface area (Å²) >= 11 is 0. The maximum absolute atomic E-state index is 6.26. The molecule has 0 radical (unpaired) electrons. The minimum Gasteiger partial charge on any atom is -0.501 e. The molecule has 0 bridgehead atoms. The van der Waals surface area contributed by atoms with Crippen molar-refractivity contribution in [3.8, 4) is 0 Å². The number of nitrogens with two attached hydrogens (primary N) is 1. The summed E-state index contributed by atoms with van der Waals surface area (Å²) in [4.78, 5) is 0. The van der Waals surface area contributed by atoms with Crippen LogP contribution in [0.4, 0.5) is 0 Å². The van der Waals surface area contributed by atoms with E-state index >= 15 is 0 Å². The highest BCUT2D eigenvalue weighted by molar-refractivity contribution is 5.24. The second kappa shape index (κ2) is 2.74. The molecule has 0 aromatic carbocycles. The van der Waals surface area contributed by atoms with Gasteiger partial charge in [-0.1, -0.05) is 13.8 Å². The van der Waals surface area contributed by atoms with Crippen molar-refractivity contribution in [1.82, 2.24) is 0 Å². The third kappa shape index (κ3) is 1.37. The Balaban J connectivity index is 2.17. The Morgan fingerprint density at radius 2 is 2.15 bits per heavy atom. The molecule has 2 heteroatoms. The van der Waals surface area contributed by atoms with Crippen molar-refractivity contribution in [2.24, 2.45) is 11.1 Å². The highest BCUT2D eigenvalue weighted by atomic mass is 16.5. The van der Waals surface area contributed by atoms with Gasteiger partial charge in [-0.15, -0.1) is 0 Å². The predicted molar refractivity (Wildman–Crippen MR) is 53.2 cm³/mol. The molecule has 2 nitrogen and oxygen atoms in total. The van der Waals surface area contributed by atoms with Crippen molar-refractivity contribution in [2.45, 2.75) is 45.1 Å². The summed E-state index contributed by atoms with van der Waals surface area (Å²) in [6, 6.07) is 0. The number of hydrogen-bond donors (Lipinski definition) is 1. The van der Waals surface area contributed by atoms with Crippen molar-refractivity contribution >= 4 is 0 Å². The third-order valence-electron chi connectivity index (χ3n) is 3.77. The Morgan fingerprint density at radius 1 is 1.46 bits per heavy atom. The Kier molecular flexibility index (Phi) is 1.91. The van der Waals surface area contributed by atoms with Crippen LogP contribution in [0.25, 0.3) is 0 Å². The molecule has 1 aliphatic carbocycles. The van der Waals surface area contributed by atoms with Gasteiger partial charge in [-0.3, -0.25) is 0 Å². The van der Waals surface area contributed by atoms with Gasteiger partial charge in [-0.2, -0.15) is 0 Å². The first-order chi connectivity index (χ1) is 6.06. The van der Waals surface area contributed by atoms with Crippen LogP contribution in [-0.2, 0) is 4.74 Å². The van der Waals surface area contributed by atoms with E-state index in [0.717, 1.165) is 32.3 Å². The van der Waals surface area contributed by atoms with Crippen molar-refractivity contribution in [3.05, 3.63) is 11.8 Å². The molecule has 0 aromatic heterocycles. The minimum atomic E-state index is 0.0551. The van der Waals surface area contributed by atoms with Gasteiger partial charge in [0.25, 0.3) is 0 Å². The van der Waals surface area contributed by atoms with Crippen LogP contribution in [0.5, 0.6) is 0 Å². The van der Waals surface area contributed by atoms with Gasteiger partial charge in [0.15, 0.2) is 0 Å². The van der Waals surface area contributed by atoms with Crippen LogP contribution < -0.4 is 5.73 Å². The van der Waals surface area contributed by atoms with E-state index in [4.69, 9.17) is 10.5 Å². The minimum absolute atomic E-state index is 0.0551. The molecule has 0 saturated heterocycles. The smallest absolute Gasteiger partial charge is 0.0876 e. The van der Waals surface area contributed by atoms with Gasteiger partial charge < -0.3 is 10.5 Å². The van der Waals surface area contributed by atoms with E-state index in [-0.39, 0.29) is 11.0 Å². The molecule has 1 heterocycles. The van der Waals surface area contributed by atoms with E-state index in [0.29, 0.717) is 0 Å². The maximum Gasteiger partial charge on any atom is 0.0876 e. The molecule has 13 heavy (non-hydrogen) atoms. The molecule has 0 spiro atoms. The van der Waals surface area contributed by atoms with Gasteiger partial charge >= 0.3 is 0 Å². The average Bonchev–Trinajstić information content (AvgIpc) is 2.87. The second-order valence-electron chi connectivity index (χ2n) is 4.90. The van der Waals surface area contributed by atoms with Gasteiger partial charge in [-0.25, -0.2) is 0 Å². The lowest BCUT2D eigenvalue weighted by molar-refractivity contribution is 0.196. The van der Waals surface area contributed by atoms with Crippen molar-refractivity contribution in [3.63, 3.8) is 0 Å². The van der Waals surface area contributed by atoms with Crippen LogP contribution >= 0.6 is 0 Å². The Hall–Kier alpha value is -0.500. The second-order valence-corrected chi connectivity index (χ2v) is 4.90. The normalized spacial score (nSPS) is 26.2. The Labute approximate surface area is 80.1 Å². The monoisotopic (exact) mass is 181 g/mol. The highest BCUT2D eigenvalue weighted by Gasteiger charge is 2.52. The summed E-state index contributed by atoms with van der Waals surface area (Å²) < 4.78 is 5.37. The number of ether oxygens (including phenoxy) is 1. The third-order valence-corrected chi connectivity index (χ3v) is 3.77. The molecular weight excluding hydrogens is 162 g/mol. The molecule has 1 aliphatic heterocycles. The van der Waals surface area contributed by atoms with Gasteiger partial charge in [-0.05, 0) is 31.3 Å². The summed E-state index contributed by atoms with van der Waals surface area (Å²) in [5.74, 6) is 0. The summed E-state index contributed by atoms with van der Waals surface area (Å²) in [5, 5.41) is 0. The zero-order valence-corrected chi connectivity index (χ0v) is 8.60. The zero-order valence-electron chi connectivity index (χ0n) is 8.60. The fourth-order valence-electron chi connectivity index (χ4n) is 2.10. The molecule has 0 aromatic rings. The van der Waals surface area contributed by atoms with Crippen LogP contribution in [-0.4, -0.2) is 12.1 Å². The van der Waals surface area contributed by atoms with Crippen LogP contribution in [0.1, 0.15) is 39.5 Å². The first-order valence-corrected chi connectivity index (χ1v) is 5.16. The number of hydrogen-bond acceptors (Lipinski definition) is 2. The first kappa shape index (κ1) is 9.07. The summed E-state index contributed by atoms with van der Waals surface area (Å²) in [6.45, 7) is 5.37. The van der Waals surface area contributed by atoms with E-state index in [2.05, 4.69) is 13.8 Å². The molecule has 2 rings (SSSR count). The van der Waals surface area contributed by atoms with E-state index in [1.54, 1.807) is 0 Å². The molecule has 0 unspecified atom stereocenters. The summed E-state index contributed by atoms with van der Waals surface area (Å²) in [5.41, 5.74) is 7.85. The lowest BCUT2D eigenvalue weighted by Gasteiger charge is -2.36. The topological polar surface area (TPSA) is 35.2 Å². The standard InChI is InChI=1S/C11H19NO/c1-10(2,11(12)5-6-11)9-4-3-7-13-8-9/h8H,3-7,12H2,1-2H3. The van der Waals surface area contributed by atoms with Crippen molar-refractivity contribution < 1.29 is 4.74 Å². The molecule has 2 N–H and O–H groups in total. The summed E-state index contributed by atoms with van der Waals surface area (Å²) in [7, 11) is 0. The van der Waals surface area contributed by atoms with Crippen molar-refractivity contribution in [1.29, 1.82) is 0 Å². The van der Waals surface area contributed by atoms with Crippen LogP contribution in [0, 0.1) is 5.41 Å². The molecule has 2 aliphatic rings. The lowest BCUT2D eigenvalue weighted by Crippen LogP contribution is -2.41. The zero-order chi connectivity index (χ0) is 9.53. The van der Waals surface area contributed by atoms with Crippen LogP contribution in [0.2, 0.25) is 0 Å². The van der Waals surface area contributed by atoms with E-state index in [9.17, 15) is 0 Å². The lowest BCUT2D eigenvalue weighted by atomic mass is 9.74. The summed E-state index contributed by atoms with van der Waals surface area (Å²) in [6.07, 6.45) is 6.57. The molecule has 1 fully saturated rings. The van der Waals surface area contributed by atoms with Crippen LogP contribution in [0.15, 0.2) is 11.8 Å². The fourth-order valence-corrected chi connectivity index (χ4v) is 2.10. The maximum atomic E-state index is 6.26. The molecule has 74 valence electrons. The Morgan fingerprint density at radius 3 is 2.62 bits per heavy atom. The largest absolute Gasteiger partial charge is 0.501 e. The average molecular weight is 181 g/mol. The predicted octanol–water partition coefficient (Wildman–Crippen LogP) is 2.20. The molecule has 1 saturated carbocycles. The molecule has 0 amide bonds. The van der Waals surface area contributed by atoms with Gasteiger partial charge in [0, 0.05) is 11.0 Å². The van der Waals surface area contributed by atoms with E-state index in [1.165, 1.54) is 5.57 Å². The highest BCUT2D eigenvalue weighted by Crippen LogP contribution is 2.52.